The van der Waals surface area contributed by atoms with Crippen LogP contribution in [0.15, 0.2) is 60.7 Å². The smallest absolute Gasteiger partial charge is 0.339 e. The highest BCUT2D eigenvalue weighted by molar-refractivity contribution is 5.94. The van der Waals surface area contributed by atoms with Gasteiger partial charge in [-0.1, -0.05) is 36.4 Å². The lowest BCUT2D eigenvalue weighted by atomic mass is 9.93. The minimum Gasteiger partial charge on any atom is -0.339 e. The van der Waals surface area contributed by atoms with Crippen molar-refractivity contribution >= 4 is 17.4 Å². The summed E-state index contributed by atoms with van der Waals surface area (Å²) in [6, 6.07) is 14.4. The Morgan fingerprint density at radius 1 is 0.844 bits per heavy atom. The summed E-state index contributed by atoms with van der Waals surface area (Å²) in [5.74, 6) is -0.300. The summed E-state index contributed by atoms with van der Waals surface area (Å²) in [4.78, 5) is 29.1. The average Bonchev–Trinajstić information content (AvgIpc) is 2.83. The first kappa shape index (κ1) is 22.1. The second-order valence-corrected chi connectivity index (χ2v) is 8.27. The number of halogens is 3. The third kappa shape index (κ3) is 4.87. The number of nitrogens with zero attached hydrogens (tertiary/aromatic N) is 2. The Bertz CT molecular complexity index is 992. The molecule has 0 unspecified atom stereocenters. The molecular weight excluding hydrogens is 417 g/mol. The monoisotopic (exact) mass is 442 g/mol. The summed E-state index contributed by atoms with van der Waals surface area (Å²) >= 11 is 0. The van der Waals surface area contributed by atoms with Crippen LogP contribution >= 0.6 is 0 Å². The second kappa shape index (κ2) is 9.18. The summed E-state index contributed by atoms with van der Waals surface area (Å²) in [7, 11) is 0. The van der Waals surface area contributed by atoms with Crippen molar-refractivity contribution in [1.82, 2.24) is 9.80 Å². The SMILES string of the molecule is O=C(c1ccc(C(F)(F)F)cc1)N1CCC(C(=O)N2CC=C(c3ccccc3)CC2)CC1. The van der Waals surface area contributed by atoms with E-state index in [9.17, 15) is 22.8 Å². The predicted octanol–water partition coefficient (Wildman–Crippen LogP) is 4.87. The van der Waals surface area contributed by atoms with Crippen LogP contribution < -0.4 is 0 Å². The van der Waals surface area contributed by atoms with E-state index in [0.717, 1.165) is 18.6 Å². The molecule has 2 aromatic carbocycles. The lowest BCUT2D eigenvalue weighted by Crippen LogP contribution is -2.45. The van der Waals surface area contributed by atoms with Gasteiger partial charge in [-0.25, -0.2) is 0 Å². The summed E-state index contributed by atoms with van der Waals surface area (Å²) in [6.07, 6.45) is -0.360. The summed E-state index contributed by atoms with van der Waals surface area (Å²) in [5, 5.41) is 0. The van der Waals surface area contributed by atoms with E-state index in [0.29, 0.717) is 39.0 Å². The molecule has 1 saturated heterocycles. The maximum Gasteiger partial charge on any atom is 0.416 e. The topological polar surface area (TPSA) is 40.6 Å². The van der Waals surface area contributed by atoms with Crippen molar-refractivity contribution < 1.29 is 22.8 Å². The maximum atomic E-state index is 13.0. The van der Waals surface area contributed by atoms with Crippen LogP contribution in [0.1, 0.15) is 40.7 Å². The molecule has 168 valence electrons. The zero-order valence-electron chi connectivity index (χ0n) is 17.6. The van der Waals surface area contributed by atoms with Crippen LogP contribution in [0.4, 0.5) is 13.2 Å². The van der Waals surface area contributed by atoms with Gasteiger partial charge in [0.25, 0.3) is 5.91 Å². The van der Waals surface area contributed by atoms with Crippen LogP contribution in [-0.4, -0.2) is 47.8 Å². The Kier molecular flexibility index (Phi) is 6.35. The molecule has 2 aliphatic heterocycles. The van der Waals surface area contributed by atoms with Crippen molar-refractivity contribution in [2.24, 2.45) is 5.92 Å². The van der Waals surface area contributed by atoms with Crippen LogP contribution in [0, 0.1) is 5.92 Å². The van der Waals surface area contributed by atoms with Gasteiger partial charge < -0.3 is 9.80 Å². The molecule has 0 aliphatic carbocycles. The zero-order valence-corrected chi connectivity index (χ0v) is 17.6. The molecule has 2 heterocycles. The quantitative estimate of drug-likeness (QED) is 0.680. The van der Waals surface area contributed by atoms with Crippen LogP contribution in [-0.2, 0) is 11.0 Å². The van der Waals surface area contributed by atoms with Gasteiger partial charge in [0, 0.05) is 37.7 Å². The van der Waals surface area contributed by atoms with Gasteiger partial charge in [-0.15, -0.1) is 0 Å². The summed E-state index contributed by atoms with van der Waals surface area (Å²) in [5.41, 5.74) is 1.91. The van der Waals surface area contributed by atoms with Gasteiger partial charge >= 0.3 is 6.18 Å². The van der Waals surface area contributed by atoms with Crippen molar-refractivity contribution in [1.29, 1.82) is 0 Å². The molecule has 4 nitrogen and oxygen atoms in total. The molecule has 2 amide bonds. The van der Waals surface area contributed by atoms with E-state index >= 15 is 0 Å². The van der Waals surface area contributed by atoms with E-state index in [1.807, 2.05) is 23.1 Å². The molecule has 0 radical (unpaired) electrons. The number of carbonyl (C=O) groups is 2. The molecule has 0 atom stereocenters. The van der Waals surface area contributed by atoms with Crippen LogP contribution in [0.3, 0.4) is 0 Å². The fraction of sp³-hybridized carbons (Fsp3) is 0.360. The molecule has 0 aromatic heterocycles. The number of hydrogen-bond acceptors (Lipinski definition) is 2. The third-order valence-corrected chi connectivity index (χ3v) is 6.26. The number of carbonyl (C=O) groups excluding carboxylic acids is 2. The van der Waals surface area contributed by atoms with E-state index in [-0.39, 0.29) is 23.3 Å². The Balaban J connectivity index is 1.30. The first-order valence-corrected chi connectivity index (χ1v) is 10.8. The number of alkyl halides is 3. The first-order chi connectivity index (χ1) is 15.3. The van der Waals surface area contributed by atoms with Gasteiger partial charge in [-0.2, -0.15) is 13.2 Å². The van der Waals surface area contributed by atoms with Gasteiger partial charge in [0.05, 0.1) is 5.56 Å². The lowest BCUT2D eigenvalue weighted by Gasteiger charge is -2.35. The number of amides is 2. The molecule has 32 heavy (non-hydrogen) atoms. The van der Waals surface area contributed by atoms with Crippen molar-refractivity contribution in [3.8, 4) is 0 Å². The molecular formula is C25H25F3N2O2. The molecule has 2 aliphatic rings. The van der Waals surface area contributed by atoms with Gasteiger partial charge in [0.1, 0.15) is 0 Å². The number of hydrogen-bond donors (Lipinski definition) is 0. The molecule has 0 N–H and O–H groups in total. The van der Waals surface area contributed by atoms with E-state index in [1.54, 1.807) is 4.90 Å². The molecule has 7 heteroatoms. The van der Waals surface area contributed by atoms with Crippen LogP contribution in [0.5, 0.6) is 0 Å². The molecule has 2 aromatic rings. The normalized spacial score (nSPS) is 17.8. The second-order valence-electron chi connectivity index (χ2n) is 8.27. The van der Waals surface area contributed by atoms with Gasteiger partial charge in [-0.05, 0) is 54.7 Å². The Morgan fingerprint density at radius 2 is 1.50 bits per heavy atom. The highest BCUT2D eigenvalue weighted by Gasteiger charge is 2.32. The van der Waals surface area contributed by atoms with Crippen molar-refractivity contribution in [2.45, 2.75) is 25.4 Å². The van der Waals surface area contributed by atoms with Crippen LogP contribution in [0.25, 0.3) is 5.57 Å². The van der Waals surface area contributed by atoms with E-state index < -0.39 is 11.7 Å². The number of piperidine rings is 1. The minimum atomic E-state index is -4.42. The van der Waals surface area contributed by atoms with Gasteiger partial charge in [0.15, 0.2) is 0 Å². The Hall–Kier alpha value is -3.09. The Morgan fingerprint density at radius 3 is 2.06 bits per heavy atom. The predicted molar refractivity (Wildman–Crippen MR) is 116 cm³/mol. The molecule has 0 spiro atoms. The maximum absolute atomic E-state index is 13.0. The standard InChI is InChI=1S/C25H25F3N2O2/c26-25(27,28)22-8-6-20(7-9-22)23(31)30-16-12-21(13-17-30)24(32)29-14-10-19(11-15-29)18-4-2-1-3-5-18/h1-10,21H,11-17H2. The van der Waals surface area contributed by atoms with E-state index in [2.05, 4.69) is 18.2 Å². The molecule has 1 fully saturated rings. The van der Waals surface area contributed by atoms with Crippen LogP contribution in [0.2, 0.25) is 0 Å². The number of rotatable bonds is 3. The fourth-order valence-electron chi connectivity index (χ4n) is 4.36. The fourth-order valence-corrected chi connectivity index (χ4v) is 4.36. The minimum absolute atomic E-state index is 0.120. The van der Waals surface area contributed by atoms with Crippen molar-refractivity contribution in [3.05, 3.63) is 77.4 Å². The first-order valence-electron chi connectivity index (χ1n) is 10.8. The Labute approximate surface area is 185 Å². The summed E-state index contributed by atoms with van der Waals surface area (Å²) in [6.45, 7) is 2.13. The lowest BCUT2D eigenvalue weighted by molar-refractivity contribution is -0.137. The average molecular weight is 442 g/mol. The highest BCUT2D eigenvalue weighted by atomic mass is 19.4. The summed E-state index contributed by atoms with van der Waals surface area (Å²) < 4.78 is 38.2. The third-order valence-electron chi connectivity index (χ3n) is 6.26. The molecule has 0 bridgehead atoms. The molecule has 4 rings (SSSR count). The van der Waals surface area contributed by atoms with Gasteiger partial charge in [-0.3, -0.25) is 9.59 Å². The number of likely N-dealkylation sites (tertiary alicyclic amines) is 1. The van der Waals surface area contributed by atoms with Crippen molar-refractivity contribution in [3.63, 3.8) is 0 Å². The van der Waals surface area contributed by atoms with Gasteiger partial charge in [0.2, 0.25) is 5.91 Å². The largest absolute Gasteiger partial charge is 0.416 e. The van der Waals surface area contributed by atoms with E-state index in [4.69, 9.17) is 0 Å². The van der Waals surface area contributed by atoms with E-state index in [1.165, 1.54) is 23.3 Å². The number of benzene rings is 2. The van der Waals surface area contributed by atoms with Crippen molar-refractivity contribution in [2.75, 3.05) is 26.2 Å². The highest BCUT2D eigenvalue weighted by Crippen LogP contribution is 2.30. The molecule has 0 saturated carbocycles. The zero-order chi connectivity index (χ0) is 22.7.